The van der Waals surface area contributed by atoms with Crippen molar-refractivity contribution in [1.29, 1.82) is 0 Å². The van der Waals surface area contributed by atoms with Gasteiger partial charge in [-0.15, -0.1) is 0 Å². The number of halogens is 2. The first-order valence-electron chi connectivity index (χ1n) is 14.2. The van der Waals surface area contributed by atoms with Gasteiger partial charge in [-0.25, -0.2) is 0 Å². The number of fused-ring (bicyclic) bond motifs is 2. The Bertz CT molecular complexity index is 1860. The van der Waals surface area contributed by atoms with E-state index in [0.29, 0.717) is 47.5 Å². The number of benzene rings is 4. The molecule has 4 nitrogen and oxygen atoms in total. The normalized spacial score (nSPS) is 14.2. The summed E-state index contributed by atoms with van der Waals surface area (Å²) in [5, 5.41) is 24.4. The molecule has 1 aromatic heterocycles. The highest BCUT2D eigenvalue weighted by Gasteiger charge is 2.26. The van der Waals surface area contributed by atoms with Crippen LogP contribution < -0.4 is 9.47 Å². The Morgan fingerprint density at radius 2 is 1.53 bits per heavy atom. The molecule has 0 atom stereocenters. The molecule has 0 spiro atoms. The van der Waals surface area contributed by atoms with Crippen molar-refractivity contribution in [1.82, 2.24) is 0 Å². The predicted molar refractivity (Wildman–Crippen MR) is 182 cm³/mol. The number of thiazole rings is 1. The molecule has 0 bridgehead atoms. The fraction of sp³-hybridized carbons (Fsp3) is 0.171. The van der Waals surface area contributed by atoms with Gasteiger partial charge in [-0.05, 0) is 72.5 Å². The van der Waals surface area contributed by atoms with E-state index < -0.39 is 0 Å². The van der Waals surface area contributed by atoms with Gasteiger partial charge in [-0.1, -0.05) is 89.6 Å². The molecule has 0 fully saturated rings. The number of aryl methyl sites for hydroxylation is 2. The molecule has 0 radical (unpaired) electrons. The third kappa shape index (κ3) is 6.58. The Kier molecular flexibility index (Phi) is 9.01. The van der Waals surface area contributed by atoms with Crippen LogP contribution in [-0.2, 0) is 19.4 Å². The summed E-state index contributed by atoms with van der Waals surface area (Å²) < 4.78 is 3.47. The third-order valence-electron chi connectivity index (χ3n) is 7.60. The molecule has 1 aliphatic rings. The van der Waals surface area contributed by atoms with Crippen molar-refractivity contribution >= 4 is 68.3 Å². The first-order valence-corrected chi connectivity index (χ1v) is 16.6. The summed E-state index contributed by atoms with van der Waals surface area (Å²) in [6.07, 6.45) is 6.79. The lowest BCUT2D eigenvalue weighted by Gasteiger charge is -2.21. The van der Waals surface area contributed by atoms with Crippen LogP contribution in [0.1, 0.15) is 29.5 Å². The van der Waals surface area contributed by atoms with Crippen LogP contribution in [0.4, 0.5) is 5.69 Å². The lowest BCUT2D eigenvalue weighted by molar-refractivity contribution is -0.668. The first kappa shape index (κ1) is 29.6. The number of aromatic nitrogens is 1. The molecule has 218 valence electrons. The van der Waals surface area contributed by atoms with Crippen molar-refractivity contribution < 1.29 is 14.8 Å². The number of rotatable bonds is 9. The molecule has 0 aliphatic carbocycles. The summed E-state index contributed by atoms with van der Waals surface area (Å²) in [7, 11) is 0. The van der Waals surface area contributed by atoms with Crippen molar-refractivity contribution in [3.8, 4) is 11.5 Å². The van der Waals surface area contributed by atoms with Gasteiger partial charge >= 0.3 is 0 Å². The summed E-state index contributed by atoms with van der Waals surface area (Å²) in [6, 6.07) is 27.1. The Morgan fingerprint density at radius 1 is 0.860 bits per heavy atom. The molecular weight excluding hydrogens is 615 g/mol. The summed E-state index contributed by atoms with van der Waals surface area (Å²) >= 11 is 16.4. The van der Waals surface area contributed by atoms with Crippen LogP contribution in [0.5, 0.6) is 11.5 Å². The molecule has 4 aromatic carbocycles. The van der Waals surface area contributed by atoms with Crippen molar-refractivity contribution in [2.24, 2.45) is 0 Å². The zero-order valence-corrected chi connectivity index (χ0v) is 26.8. The van der Waals surface area contributed by atoms with E-state index in [-0.39, 0.29) is 0 Å². The molecule has 0 amide bonds. The van der Waals surface area contributed by atoms with E-state index in [1.807, 2.05) is 60.7 Å². The van der Waals surface area contributed by atoms with E-state index in [1.54, 1.807) is 35.2 Å². The van der Waals surface area contributed by atoms with E-state index in [2.05, 4.69) is 40.7 Å². The van der Waals surface area contributed by atoms with E-state index in [9.17, 15) is 10.2 Å². The van der Waals surface area contributed by atoms with Crippen LogP contribution in [-0.4, -0.2) is 16.8 Å². The lowest BCUT2D eigenvalue weighted by Crippen LogP contribution is -2.36. The van der Waals surface area contributed by atoms with Gasteiger partial charge < -0.3 is 15.1 Å². The fourth-order valence-electron chi connectivity index (χ4n) is 5.30. The number of phenols is 2. The smallest absolute Gasteiger partial charge is 0.263 e. The van der Waals surface area contributed by atoms with Gasteiger partial charge in [-0.3, -0.25) is 0 Å². The minimum absolute atomic E-state index is 0.318. The molecule has 0 unspecified atom stereocenters. The number of anilines is 1. The van der Waals surface area contributed by atoms with Gasteiger partial charge in [-0.2, -0.15) is 4.57 Å². The number of nitrogens with zero attached hydrogens (tertiary/aromatic N) is 2. The minimum Gasteiger partial charge on any atom is -0.508 e. The van der Waals surface area contributed by atoms with Gasteiger partial charge in [0.2, 0.25) is 5.52 Å². The SMILES string of the molecule is CCC(=Cc1sc2ccc(Cl)cc2[n+]1CCc1ccccc1O)C=C1Sc2ccc(Cl)cc2N1CCc1ccccc1O. The van der Waals surface area contributed by atoms with Crippen molar-refractivity contribution in [3.05, 3.63) is 128 Å². The predicted octanol–water partition coefficient (Wildman–Crippen LogP) is 9.64. The van der Waals surface area contributed by atoms with Crippen LogP contribution in [0.3, 0.4) is 0 Å². The molecule has 5 aromatic rings. The summed E-state index contributed by atoms with van der Waals surface area (Å²) in [5.41, 5.74) is 5.21. The second kappa shape index (κ2) is 13.1. The van der Waals surface area contributed by atoms with Gasteiger partial charge in [0.25, 0.3) is 5.01 Å². The molecule has 43 heavy (non-hydrogen) atoms. The zero-order valence-electron chi connectivity index (χ0n) is 23.6. The number of aromatic hydroxyl groups is 2. The minimum atomic E-state index is 0.318. The molecule has 2 N–H and O–H groups in total. The Labute approximate surface area is 270 Å². The number of allylic oxidation sites excluding steroid dienone is 2. The Hall–Kier alpha value is -3.42. The second-order valence-electron chi connectivity index (χ2n) is 10.4. The third-order valence-corrected chi connectivity index (χ3v) is 10.3. The first-order chi connectivity index (χ1) is 20.9. The molecule has 1 aliphatic heterocycles. The van der Waals surface area contributed by atoms with Crippen LogP contribution in [0.25, 0.3) is 16.3 Å². The van der Waals surface area contributed by atoms with Crippen molar-refractivity contribution in [2.45, 2.75) is 37.6 Å². The highest BCUT2D eigenvalue weighted by atomic mass is 35.5. The molecule has 0 saturated carbocycles. The number of phenolic OH excluding ortho intramolecular Hbond substituents is 2. The highest BCUT2D eigenvalue weighted by Crippen LogP contribution is 2.47. The maximum Gasteiger partial charge on any atom is 0.263 e. The largest absolute Gasteiger partial charge is 0.508 e. The number of para-hydroxylation sites is 2. The number of hydrogen-bond acceptors (Lipinski definition) is 5. The molecule has 8 heteroatoms. The van der Waals surface area contributed by atoms with Crippen molar-refractivity contribution in [2.75, 3.05) is 11.4 Å². The quantitative estimate of drug-likeness (QED) is 0.157. The van der Waals surface area contributed by atoms with Crippen LogP contribution >= 0.6 is 46.3 Å². The van der Waals surface area contributed by atoms with Gasteiger partial charge in [0, 0.05) is 45.6 Å². The second-order valence-corrected chi connectivity index (χ2v) is 13.4. The van der Waals surface area contributed by atoms with Gasteiger partial charge in [0.1, 0.15) is 16.2 Å². The summed E-state index contributed by atoms with van der Waals surface area (Å²) in [4.78, 5) is 3.47. The fourth-order valence-corrected chi connectivity index (χ4v) is 7.92. The molecule has 2 heterocycles. The molecule has 6 rings (SSSR count). The maximum absolute atomic E-state index is 10.4. The van der Waals surface area contributed by atoms with Gasteiger partial charge in [0.15, 0.2) is 6.54 Å². The average Bonchev–Trinajstić information content (AvgIpc) is 3.51. The van der Waals surface area contributed by atoms with Crippen molar-refractivity contribution in [3.63, 3.8) is 0 Å². The van der Waals surface area contributed by atoms with Gasteiger partial charge in [0.05, 0.1) is 10.7 Å². The maximum atomic E-state index is 10.4. The Balaban J connectivity index is 1.36. The van der Waals surface area contributed by atoms with Crippen LogP contribution in [0.15, 0.2) is 107 Å². The molecule has 0 saturated heterocycles. The van der Waals surface area contributed by atoms with Crippen LogP contribution in [0, 0.1) is 0 Å². The van der Waals surface area contributed by atoms with E-state index in [1.165, 1.54) is 5.57 Å². The number of hydrogen-bond donors (Lipinski definition) is 2. The van der Waals surface area contributed by atoms with E-state index in [0.717, 1.165) is 48.4 Å². The highest BCUT2D eigenvalue weighted by molar-refractivity contribution is 8.03. The zero-order chi connectivity index (χ0) is 29.9. The monoisotopic (exact) mass is 645 g/mol. The standard InChI is InChI=1S/C35H30Cl2N2O2S2/c1-2-23(19-34-38(17-15-24-7-3-5-9-30(24)40)28-21-26(36)11-13-32(28)42-34)20-35-39(18-16-25-8-4-6-10-31(25)41)29-22-27(37)12-14-33(29)43-35/h3-14,19-22H,2,15-18H2,1H3,(H-,40,41)/p+1. The Morgan fingerprint density at radius 3 is 2.26 bits per heavy atom. The van der Waals surface area contributed by atoms with Crippen LogP contribution in [0.2, 0.25) is 10.0 Å². The number of thioether (sulfide) groups is 1. The summed E-state index contributed by atoms with van der Waals surface area (Å²) in [5.74, 6) is 0.636. The topological polar surface area (TPSA) is 47.6 Å². The molecular formula is C35H31Cl2N2O2S2+. The van der Waals surface area contributed by atoms with E-state index in [4.69, 9.17) is 23.2 Å². The summed E-state index contributed by atoms with van der Waals surface area (Å²) in [6.45, 7) is 3.60. The lowest BCUT2D eigenvalue weighted by atomic mass is 10.1. The van der Waals surface area contributed by atoms with E-state index >= 15 is 0 Å². The average molecular weight is 647 g/mol.